The average Bonchev–Trinajstić information content (AvgIpc) is 3.23. The first-order chi connectivity index (χ1) is 12.9. The summed E-state index contributed by atoms with van der Waals surface area (Å²) in [5, 5.41) is 6.32. The number of hydrogen-bond donors (Lipinski definition) is 2. The van der Waals surface area contributed by atoms with Gasteiger partial charge in [0.2, 0.25) is 0 Å². The van der Waals surface area contributed by atoms with Crippen LogP contribution in [-0.4, -0.2) is 68.1 Å². The molecule has 0 saturated carbocycles. The Morgan fingerprint density at radius 3 is 2.52 bits per heavy atom. The molecule has 0 aliphatic carbocycles. The van der Waals surface area contributed by atoms with Crippen LogP contribution in [0.25, 0.3) is 0 Å². The smallest absolute Gasteiger partial charge is 0.166 e. The number of thiocarbonyl (C=S) groups is 1. The van der Waals surface area contributed by atoms with Crippen LogP contribution < -0.4 is 15.4 Å². The molecule has 0 aromatic heterocycles. The van der Waals surface area contributed by atoms with Gasteiger partial charge in [-0.25, -0.2) is 8.42 Å². The molecule has 0 spiro atoms. The predicted octanol–water partition coefficient (Wildman–Crippen LogP) is 1.70. The molecule has 1 aromatic rings. The van der Waals surface area contributed by atoms with Crippen molar-refractivity contribution in [3.05, 3.63) is 29.8 Å². The van der Waals surface area contributed by atoms with Crippen LogP contribution >= 0.6 is 23.8 Å². The van der Waals surface area contributed by atoms with E-state index in [4.69, 9.17) is 28.6 Å². The van der Waals surface area contributed by atoms with E-state index in [2.05, 4.69) is 27.7 Å². The van der Waals surface area contributed by atoms with Gasteiger partial charge in [-0.1, -0.05) is 12.1 Å². The lowest BCUT2D eigenvalue weighted by Crippen LogP contribution is -2.48. The van der Waals surface area contributed by atoms with Crippen molar-refractivity contribution >= 4 is 38.8 Å². The Kier molecular flexibility index (Phi) is 6.83. The second-order valence-corrected chi connectivity index (χ2v) is 10.2. The maximum Gasteiger partial charge on any atom is 0.166 e. The molecule has 9 heteroatoms. The fourth-order valence-electron chi connectivity index (χ4n) is 3.68. The first-order valence-corrected chi connectivity index (χ1v) is 11.8. The summed E-state index contributed by atoms with van der Waals surface area (Å²) >= 11 is 11.5. The monoisotopic (exact) mass is 431 g/mol. The van der Waals surface area contributed by atoms with Gasteiger partial charge in [-0.15, -0.1) is 11.6 Å². The van der Waals surface area contributed by atoms with E-state index in [-0.39, 0.29) is 23.6 Å². The lowest BCUT2D eigenvalue weighted by Gasteiger charge is -2.29. The predicted molar refractivity (Wildman–Crippen MR) is 112 cm³/mol. The molecule has 2 fully saturated rings. The van der Waals surface area contributed by atoms with Gasteiger partial charge < -0.3 is 15.4 Å². The number of sulfone groups is 1. The van der Waals surface area contributed by atoms with Crippen LogP contribution in [0.4, 0.5) is 0 Å². The third-order valence-electron chi connectivity index (χ3n) is 5.14. The number of halogens is 1. The lowest BCUT2D eigenvalue weighted by atomic mass is 10.1. The molecule has 27 heavy (non-hydrogen) atoms. The van der Waals surface area contributed by atoms with Crippen molar-refractivity contribution < 1.29 is 13.2 Å². The Morgan fingerprint density at radius 2 is 1.96 bits per heavy atom. The summed E-state index contributed by atoms with van der Waals surface area (Å²) in [6.07, 6.45) is 2.40. The van der Waals surface area contributed by atoms with Gasteiger partial charge in [0.25, 0.3) is 0 Å². The highest BCUT2D eigenvalue weighted by atomic mass is 35.5. The molecule has 2 N–H and O–H groups in total. The molecule has 6 nitrogen and oxygen atoms in total. The van der Waals surface area contributed by atoms with Crippen molar-refractivity contribution in [1.29, 1.82) is 0 Å². The number of alkyl halides is 1. The summed E-state index contributed by atoms with van der Waals surface area (Å²) in [4.78, 5) is 2.45. The number of benzene rings is 1. The van der Waals surface area contributed by atoms with Gasteiger partial charge in [0.1, 0.15) is 5.75 Å². The minimum Gasteiger partial charge on any atom is -0.497 e. The van der Waals surface area contributed by atoms with Gasteiger partial charge in [-0.05, 0) is 55.8 Å². The molecule has 2 aliphatic heterocycles. The van der Waals surface area contributed by atoms with Crippen LogP contribution in [0.2, 0.25) is 0 Å². The number of hydrogen-bond acceptors (Lipinski definition) is 5. The fourth-order valence-corrected chi connectivity index (χ4v) is 6.47. The average molecular weight is 432 g/mol. The van der Waals surface area contributed by atoms with Crippen LogP contribution in [0.15, 0.2) is 24.3 Å². The number of methoxy groups -OCH3 is 1. The Balaban J connectivity index is 1.61. The molecule has 0 bridgehead atoms. The number of nitrogens with zero attached hydrogens (tertiary/aromatic N) is 1. The van der Waals surface area contributed by atoms with Crippen LogP contribution in [0, 0.1) is 0 Å². The van der Waals surface area contributed by atoms with Crippen LogP contribution in [-0.2, 0) is 9.84 Å². The molecule has 0 amide bonds. The molecule has 0 unspecified atom stereocenters. The minimum atomic E-state index is -3.09. The summed E-state index contributed by atoms with van der Waals surface area (Å²) in [5.74, 6) is 0.855. The summed E-state index contributed by atoms with van der Waals surface area (Å²) in [5.41, 5.74) is 1.20. The Bertz CT molecular complexity index is 752. The first-order valence-electron chi connectivity index (χ1n) is 9.15. The van der Waals surface area contributed by atoms with Gasteiger partial charge in [-0.2, -0.15) is 0 Å². The van der Waals surface area contributed by atoms with Gasteiger partial charge in [-0.3, -0.25) is 4.90 Å². The van der Waals surface area contributed by atoms with Crippen molar-refractivity contribution in [3.8, 4) is 5.75 Å². The number of ether oxygens (including phenoxy) is 1. The highest BCUT2D eigenvalue weighted by Gasteiger charge is 2.36. The quantitative estimate of drug-likeness (QED) is 0.524. The molecular formula is C18H26ClN3O3S2. The summed E-state index contributed by atoms with van der Waals surface area (Å²) in [7, 11) is -1.43. The summed E-state index contributed by atoms with van der Waals surface area (Å²) in [6, 6.07) is 7.95. The number of rotatable bonds is 6. The van der Waals surface area contributed by atoms with Crippen LogP contribution in [0.3, 0.4) is 0 Å². The minimum absolute atomic E-state index is 0.00289. The molecule has 150 valence electrons. The zero-order chi connectivity index (χ0) is 19.4. The second-order valence-electron chi connectivity index (χ2n) is 7.09. The number of nitrogens with one attached hydrogen (secondary N) is 2. The zero-order valence-corrected chi connectivity index (χ0v) is 17.7. The molecular weight excluding hydrogens is 406 g/mol. The Morgan fingerprint density at radius 1 is 1.30 bits per heavy atom. The second kappa shape index (κ2) is 8.94. The topological polar surface area (TPSA) is 70.7 Å². The molecule has 2 aliphatic rings. The highest BCUT2D eigenvalue weighted by molar-refractivity contribution is 7.91. The Labute approximate surface area is 171 Å². The molecule has 1 aromatic carbocycles. The fraction of sp³-hybridized carbons (Fsp3) is 0.611. The Hall–Kier alpha value is -1.09. The van der Waals surface area contributed by atoms with E-state index in [1.165, 1.54) is 18.4 Å². The van der Waals surface area contributed by atoms with E-state index in [1.807, 2.05) is 12.1 Å². The third kappa shape index (κ3) is 5.47. The van der Waals surface area contributed by atoms with E-state index in [1.54, 1.807) is 7.11 Å². The third-order valence-corrected chi connectivity index (χ3v) is 7.78. The van der Waals surface area contributed by atoms with Crippen LogP contribution in [0.1, 0.15) is 24.4 Å². The van der Waals surface area contributed by atoms with Crippen molar-refractivity contribution in [2.24, 2.45) is 0 Å². The van der Waals surface area contributed by atoms with Gasteiger partial charge in [0.15, 0.2) is 14.9 Å². The number of likely N-dealkylation sites (tertiary alicyclic amines) is 1. The standard InChI is InChI=1S/C18H26ClN3O3S2/c1-25-14-6-4-13(5-7-14)17(22-8-2-3-9-22)10-20-18(26)21-16-12-27(23,24)11-15(16)19/h4-7,15-17H,2-3,8-12H2,1H3,(H2,20,21,26)/t15-,16-,17-/m0/s1. The van der Waals surface area contributed by atoms with E-state index in [9.17, 15) is 8.42 Å². The van der Waals surface area contributed by atoms with Gasteiger partial charge >= 0.3 is 0 Å². The van der Waals surface area contributed by atoms with Crippen molar-refractivity contribution in [2.75, 3.05) is 38.2 Å². The van der Waals surface area contributed by atoms with E-state index < -0.39 is 15.2 Å². The first kappa shape index (κ1) is 20.6. The molecule has 2 saturated heterocycles. The van der Waals surface area contributed by atoms with Crippen molar-refractivity contribution in [1.82, 2.24) is 15.5 Å². The van der Waals surface area contributed by atoms with Gasteiger partial charge in [0.05, 0.1) is 36.1 Å². The highest BCUT2D eigenvalue weighted by Crippen LogP contribution is 2.26. The summed E-state index contributed by atoms with van der Waals surface area (Å²) in [6.45, 7) is 2.76. The normalized spacial score (nSPS) is 25.9. The SMILES string of the molecule is COc1ccc([C@H](CNC(=S)N[C@H]2CS(=O)(=O)C[C@@H]2Cl)N2CCCC2)cc1. The molecule has 3 atom stereocenters. The van der Waals surface area contributed by atoms with Crippen molar-refractivity contribution in [3.63, 3.8) is 0 Å². The maximum atomic E-state index is 11.7. The van der Waals surface area contributed by atoms with Crippen molar-refractivity contribution in [2.45, 2.75) is 30.3 Å². The molecule has 0 radical (unpaired) electrons. The summed E-state index contributed by atoms with van der Waals surface area (Å²) < 4.78 is 28.7. The van der Waals surface area contributed by atoms with Crippen LogP contribution in [0.5, 0.6) is 5.75 Å². The molecule has 2 heterocycles. The zero-order valence-electron chi connectivity index (χ0n) is 15.4. The van der Waals surface area contributed by atoms with E-state index in [0.717, 1.165) is 18.8 Å². The van der Waals surface area contributed by atoms with E-state index in [0.29, 0.717) is 11.7 Å². The van der Waals surface area contributed by atoms with E-state index >= 15 is 0 Å². The molecule has 3 rings (SSSR count). The largest absolute Gasteiger partial charge is 0.497 e. The lowest BCUT2D eigenvalue weighted by molar-refractivity contribution is 0.245. The van der Waals surface area contributed by atoms with Gasteiger partial charge in [0, 0.05) is 6.54 Å². The maximum absolute atomic E-state index is 11.7.